The number of benzene rings is 1. The van der Waals surface area contributed by atoms with Crippen LogP contribution in [0, 0.1) is 6.92 Å². The van der Waals surface area contributed by atoms with Crippen molar-refractivity contribution in [3.63, 3.8) is 0 Å². The molecule has 0 unspecified atom stereocenters. The third-order valence-corrected chi connectivity index (χ3v) is 2.78. The highest BCUT2D eigenvalue weighted by Crippen LogP contribution is 2.44. The number of fused-ring (bicyclic) bond motifs is 1. The van der Waals surface area contributed by atoms with Crippen molar-refractivity contribution in [1.82, 2.24) is 0 Å². The van der Waals surface area contributed by atoms with Crippen molar-refractivity contribution >= 4 is 15.9 Å². The predicted octanol–water partition coefficient (Wildman–Crippen LogP) is 2.19. The number of hydrogen-bond acceptors (Lipinski definition) is 3. The maximum atomic E-state index is 9.40. The lowest BCUT2D eigenvalue weighted by Crippen LogP contribution is -1.93. The number of halogens is 1. The molecule has 0 atom stereocenters. The van der Waals surface area contributed by atoms with Crippen LogP contribution in [0.1, 0.15) is 5.56 Å². The Morgan fingerprint density at radius 1 is 1.50 bits per heavy atom. The second-order valence-corrected chi connectivity index (χ2v) is 3.36. The number of phenols is 1. The van der Waals surface area contributed by atoms with Gasteiger partial charge in [-0.15, -0.1) is 0 Å². The first-order valence-corrected chi connectivity index (χ1v) is 4.27. The minimum Gasteiger partial charge on any atom is -0.507 e. The Balaban J connectivity index is 2.67. The van der Waals surface area contributed by atoms with Gasteiger partial charge < -0.3 is 14.6 Å². The van der Waals surface area contributed by atoms with Gasteiger partial charge in [-0.2, -0.15) is 0 Å². The molecule has 3 nitrogen and oxygen atoms in total. The second-order valence-electron chi connectivity index (χ2n) is 2.57. The van der Waals surface area contributed by atoms with E-state index >= 15 is 0 Å². The molecule has 1 heterocycles. The summed E-state index contributed by atoms with van der Waals surface area (Å²) in [5.41, 5.74) is 0.763. The van der Waals surface area contributed by atoms with E-state index in [9.17, 15) is 5.11 Å². The highest BCUT2D eigenvalue weighted by atomic mass is 79.9. The minimum absolute atomic E-state index is 0.214. The van der Waals surface area contributed by atoms with Crippen LogP contribution in [0.4, 0.5) is 0 Å². The highest BCUT2D eigenvalue weighted by Gasteiger charge is 2.20. The molecule has 0 bridgehead atoms. The van der Waals surface area contributed by atoms with E-state index in [0.717, 1.165) is 10.0 Å². The molecule has 64 valence electrons. The van der Waals surface area contributed by atoms with Crippen LogP contribution in [0.3, 0.4) is 0 Å². The quantitative estimate of drug-likeness (QED) is 0.743. The maximum absolute atomic E-state index is 9.40. The van der Waals surface area contributed by atoms with Gasteiger partial charge in [0.05, 0.1) is 4.47 Å². The third-order valence-electron chi connectivity index (χ3n) is 1.82. The highest BCUT2D eigenvalue weighted by molar-refractivity contribution is 9.10. The predicted molar refractivity (Wildman–Crippen MR) is 46.7 cm³/mol. The molecule has 0 fully saturated rings. The molecule has 1 aliphatic heterocycles. The zero-order valence-corrected chi connectivity index (χ0v) is 8.01. The molecule has 0 aliphatic carbocycles. The number of phenolic OH excluding ortho intramolecular Hbond substituents is 1. The van der Waals surface area contributed by atoms with Gasteiger partial charge in [-0.05, 0) is 22.9 Å². The number of rotatable bonds is 0. The fourth-order valence-corrected chi connectivity index (χ4v) is 1.60. The second kappa shape index (κ2) is 2.55. The van der Waals surface area contributed by atoms with Gasteiger partial charge in [0.1, 0.15) is 5.75 Å². The molecule has 4 heteroatoms. The molecular weight excluding hydrogens is 224 g/mol. The lowest BCUT2D eigenvalue weighted by molar-refractivity contribution is 0.173. The van der Waals surface area contributed by atoms with Gasteiger partial charge in [0.25, 0.3) is 0 Å². The van der Waals surface area contributed by atoms with Gasteiger partial charge in [-0.25, -0.2) is 0 Å². The van der Waals surface area contributed by atoms with Crippen LogP contribution in [0.5, 0.6) is 17.2 Å². The summed E-state index contributed by atoms with van der Waals surface area (Å²) in [6.45, 7) is 2.03. The van der Waals surface area contributed by atoms with Crippen molar-refractivity contribution in [3.05, 3.63) is 16.1 Å². The molecule has 0 saturated heterocycles. The van der Waals surface area contributed by atoms with Crippen LogP contribution in [0.25, 0.3) is 0 Å². The first-order chi connectivity index (χ1) is 5.70. The molecule has 1 aliphatic rings. The first-order valence-electron chi connectivity index (χ1n) is 3.48. The average Bonchev–Trinajstić information content (AvgIpc) is 2.48. The zero-order valence-electron chi connectivity index (χ0n) is 6.43. The average molecular weight is 231 g/mol. The smallest absolute Gasteiger partial charge is 0.231 e. The van der Waals surface area contributed by atoms with Gasteiger partial charge in [0, 0.05) is 11.6 Å². The molecular formula is C8H7BrO3. The van der Waals surface area contributed by atoms with Gasteiger partial charge in [-0.1, -0.05) is 0 Å². The van der Waals surface area contributed by atoms with Gasteiger partial charge in [0.15, 0.2) is 11.5 Å². The van der Waals surface area contributed by atoms with Crippen molar-refractivity contribution < 1.29 is 14.6 Å². The summed E-state index contributed by atoms with van der Waals surface area (Å²) < 4.78 is 11.0. The molecule has 0 amide bonds. The van der Waals surface area contributed by atoms with E-state index in [1.54, 1.807) is 13.0 Å². The minimum atomic E-state index is 0.214. The molecule has 2 rings (SSSR count). The summed E-state index contributed by atoms with van der Waals surface area (Å²) in [7, 11) is 0. The van der Waals surface area contributed by atoms with Crippen molar-refractivity contribution in [1.29, 1.82) is 0 Å². The molecule has 1 aromatic carbocycles. The molecule has 1 aromatic rings. The van der Waals surface area contributed by atoms with Crippen molar-refractivity contribution in [3.8, 4) is 17.2 Å². The molecule has 0 aromatic heterocycles. The van der Waals surface area contributed by atoms with E-state index < -0.39 is 0 Å². The molecule has 0 radical (unpaired) electrons. The van der Waals surface area contributed by atoms with Crippen LogP contribution < -0.4 is 9.47 Å². The summed E-state index contributed by atoms with van der Waals surface area (Å²) >= 11 is 3.32. The fourth-order valence-electron chi connectivity index (χ4n) is 1.08. The number of ether oxygens (including phenoxy) is 2. The van der Waals surface area contributed by atoms with Gasteiger partial charge in [0.2, 0.25) is 6.79 Å². The Morgan fingerprint density at radius 2 is 2.25 bits per heavy atom. The lowest BCUT2D eigenvalue weighted by Gasteiger charge is -2.04. The van der Waals surface area contributed by atoms with Crippen molar-refractivity contribution in [2.75, 3.05) is 6.79 Å². The Kier molecular flexibility index (Phi) is 1.65. The van der Waals surface area contributed by atoms with Crippen LogP contribution in [0.15, 0.2) is 10.5 Å². The summed E-state index contributed by atoms with van der Waals surface area (Å²) in [5, 5.41) is 9.40. The topological polar surface area (TPSA) is 38.7 Å². The van der Waals surface area contributed by atoms with Crippen molar-refractivity contribution in [2.45, 2.75) is 6.92 Å². The summed E-state index contributed by atoms with van der Waals surface area (Å²) in [6.07, 6.45) is 0. The fraction of sp³-hybridized carbons (Fsp3) is 0.250. The van der Waals surface area contributed by atoms with Crippen LogP contribution in [-0.2, 0) is 0 Å². The third kappa shape index (κ3) is 0.948. The molecule has 0 spiro atoms. The van der Waals surface area contributed by atoms with E-state index in [1.807, 2.05) is 0 Å². The van der Waals surface area contributed by atoms with Crippen LogP contribution in [-0.4, -0.2) is 11.9 Å². The van der Waals surface area contributed by atoms with Crippen LogP contribution in [0.2, 0.25) is 0 Å². The van der Waals surface area contributed by atoms with E-state index in [0.29, 0.717) is 11.5 Å². The first kappa shape index (κ1) is 7.73. The number of aromatic hydroxyl groups is 1. The SMILES string of the molecule is Cc1c(O)cc2c(c1Br)OCO2. The van der Waals surface area contributed by atoms with Crippen molar-refractivity contribution in [2.24, 2.45) is 0 Å². The molecule has 0 saturated carbocycles. The van der Waals surface area contributed by atoms with E-state index in [-0.39, 0.29) is 12.5 Å². The van der Waals surface area contributed by atoms with Crippen LogP contribution >= 0.6 is 15.9 Å². The molecule has 1 N–H and O–H groups in total. The maximum Gasteiger partial charge on any atom is 0.231 e. The zero-order chi connectivity index (χ0) is 8.72. The van der Waals surface area contributed by atoms with Gasteiger partial charge >= 0.3 is 0 Å². The number of hydrogen-bond donors (Lipinski definition) is 1. The summed E-state index contributed by atoms with van der Waals surface area (Å²) in [6, 6.07) is 1.56. The molecule has 12 heavy (non-hydrogen) atoms. The largest absolute Gasteiger partial charge is 0.507 e. The van der Waals surface area contributed by atoms with Gasteiger partial charge in [-0.3, -0.25) is 0 Å². The van der Waals surface area contributed by atoms with E-state index in [2.05, 4.69) is 15.9 Å². The monoisotopic (exact) mass is 230 g/mol. The lowest BCUT2D eigenvalue weighted by atomic mass is 10.2. The summed E-state index contributed by atoms with van der Waals surface area (Å²) in [5.74, 6) is 1.47. The standard InChI is InChI=1S/C8H7BrO3/c1-4-5(10)2-6-8(7(4)9)12-3-11-6/h2,10H,3H2,1H3. The van der Waals surface area contributed by atoms with E-state index in [4.69, 9.17) is 9.47 Å². The van der Waals surface area contributed by atoms with E-state index in [1.165, 1.54) is 0 Å². The Hall–Kier alpha value is -0.900. The Bertz CT molecular complexity index is 336. The normalized spacial score (nSPS) is 13.5. The Morgan fingerprint density at radius 3 is 3.00 bits per heavy atom. The summed E-state index contributed by atoms with van der Waals surface area (Å²) in [4.78, 5) is 0. The Labute approximate surface area is 78.0 Å².